The van der Waals surface area contributed by atoms with E-state index in [1.165, 1.54) is 4.31 Å². The molecule has 0 bridgehead atoms. The summed E-state index contributed by atoms with van der Waals surface area (Å²) < 4.78 is 25.8. The number of hydrogen-bond donors (Lipinski definition) is 1. The normalized spacial score (nSPS) is 25.4. The van der Waals surface area contributed by atoms with Crippen molar-refractivity contribution in [2.45, 2.75) is 25.9 Å². The lowest BCUT2D eigenvalue weighted by Gasteiger charge is -2.33. The monoisotopic (exact) mass is 284 g/mol. The van der Waals surface area contributed by atoms with E-state index < -0.39 is 16.1 Å². The van der Waals surface area contributed by atoms with Crippen LogP contribution < -0.4 is 0 Å². The van der Waals surface area contributed by atoms with Crippen molar-refractivity contribution in [3.8, 4) is 0 Å². The molecule has 0 aromatic carbocycles. The van der Waals surface area contributed by atoms with Gasteiger partial charge in [0.15, 0.2) is 0 Å². The van der Waals surface area contributed by atoms with Gasteiger partial charge in [0.25, 0.3) is 0 Å². The molecule has 19 heavy (non-hydrogen) atoms. The highest BCUT2D eigenvalue weighted by atomic mass is 32.2. The van der Waals surface area contributed by atoms with E-state index in [9.17, 15) is 13.5 Å². The van der Waals surface area contributed by atoms with Gasteiger partial charge in [-0.25, -0.2) is 8.42 Å². The molecule has 1 N–H and O–H groups in total. The minimum atomic E-state index is -3.30. The molecule has 5 nitrogen and oxygen atoms in total. The van der Waals surface area contributed by atoms with Crippen LogP contribution >= 0.6 is 0 Å². The zero-order valence-electron chi connectivity index (χ0n) is 11.1. The number of aromatic nitrogens is 1. The van der Waals surface area contributed by atoms with Crippen LogP contribution in [0.5, 0.6) is 0 Å². The number of aliphatic hydroxyl groups is 1. The minimum Gasteiger partial charge on any atom is -0.391 e. The maximum absolute atomic E-state index is 12.2. The standard InChI is InChI=1S/C13H20N2O3S/c1-11-5-8-15(10-13(11)16)19(17,18)9-6-12-4-2-3-7-14-12/h2-4,7,11,13,16H,5-6,8-10H2,1H3. The van der Waals surface area contributed by atoms with E-state index in [1.54, 1.807) is 12.3 Å². The lowest BCUT2D eigenvalue weighted by molar-refractivity contribution is 0.0605. The zero-order valence-corrected chi connectivity index (χ0v) is 11.9. The predicted octanol–water partition coefficient (Wildman–Crippen LogP) is 0.657. The number of hydrogen-bond acceptors (Lipinski definition) is 4. The molecule has 0 amide bonds. The van der Waals surface area contributed by atoms with Gasteiger partial charge in [-0.3, -0.25) is 4.98 Å². The van der Waals surface area contributed by atoms with Crippen LogP contribution in [0.15, 0.2) is 24.4 Å². The lowest BCUT2D eigenvalue weighted by atomic mass is 9.98. The van der Waals surface area contributed by atoms with Gasteiger partial charge in [-0.15, -0.1) is 0 Å². The Hall–Kier alpha value is -0.980. The number of pyridine rings is 1. The van der Waals surface area contributed by atoms with Crippen molar-refractivity contribution in [1.29, 1.82) is 0 Å². The summed E-state index contributed by atoms with van der Waals surface area (Å²) in [5, 5.41) is 9.78. The first-order valence-corrected chi connectivity index (χ1v) is 8.16. The molecule has 1 aliphatic heterocycles. The van der Waals surface area contributed by atoms with Crippen molar-refractivity contribution < 1.29 is 13.5 Å². The summed E-state index contributed by atoms with van der Waals surface area (Å²) in [5.41, 5.74) is 0.775. The molecule has 1 fully saturated rings. The van der Waals surface area contributed by atoms with Gasteiger partial charge < -0.3 is 5.11 Å². The molecule has 106 valence electrons. The molecule has 1 aromatic heterocycles. The molecule has 0 saturated carbocycles. The van der Waals surface area contributed by atoms with Crippen LogP contribution in [-0.4, -0.2) is 47.8 Å². The second-order valence-corrected chi connectivity index (χ2v) is 7.17. The first-order chi connectivity index (χ1) is 8.99. The third-order valence-electron chi connectivity index (χ3n) is 3.62. The quantitative estimate of drug-likeness (QED) is 0.881. The Morgan fingerprint density at radius 3 is 2.89 bits per heavy atom. The topological polar surface area (TPSA) is 70.5 Å². The third kappa shape index (κ3) is 3.75. The van der Waals surface area contributed by atoms with Crippen LogP contribution in [0.1, 0.15) is 19.0 Å². The Labute approximate surface area is 114 Å². The number of aryl methyl sites for hydroxylation is 1. The van der Waals surface area contributed by atoms with Gasteiger partial charge in [-0.1, -0.05) is 13.0 Å². The largest absolute Gasteiger partial charge is 0.391 e. The molecule has 0 radical (unpaired) electrons. The fourth-order valence-electron chi connectivity index (χ4n) is 2.18. The van der Waals surface area contributed by atoms with Crippen LogP contribution in [0.25, 0.3) is 0 Å². The fourth-order valence-corrected chi connectivity index (χ4v) is 3.67. The number of β-amino-alcohol motifs (C(OH)–C–C–N with tert-alkyl or cyclic N) is 1. The van der Waals surface area contributed by atoms with Gasteiger partial charge in [0, 0.05) is 31.4 Å². The highest BCUT2D eigenvalue weighted by Crippen LogP contribution is 2.20. The van der Waals surface area contributed by atoms with Crippen LogP contribution in [-0.2, 0) is 16.4 Å². The summed E-state index contributed by atoms with van der Waals surface area (Å²) in [7, 11) is -3.30. The summed E-state index contributed by atoms with van der Waals surface area (Å²) in [6.07, 6.45) is 2.22. The molecule has 2 heterocycles. The molecule has 0 aliphatic carbocycles. The minimum absolute atomic E-state index is 0.0467. The molecule has 2 atom stereocenters. The Balaban J connectivity index is 1.95. The second-order valence-electron chi connectivity index (χ2n) is 5.08. The van der Waals surface area contributed by atoms with Crippen LogP contribution in [0.4, 0.5) is 0 Å². The van der Waals surface area contributed by atoms with Crippen molar-refractivity contribution in [3.05, 3.63) is 30.1 Å². The number of sulfonamides is 1. The molecule has 1 saturated heterocycles. The summed E-state index contributed by atoms with van der Waals surface area (Å²) in [4.78, 5) is 4.12. The summed E-state index contributed by atoms with van der Waals surface area (Å²) in [6, 6.07) is 5.48. The van der Waals surface area contributed by atoms with Crippen LogP contribution in [0.2, 0.25) is 0 Å². The van der Waals surface area contributed by atoms with Gasteiger partial charge in [-0.05, 0) is 24.5 Å². The van der Waals surface area contributed by atoms with Gasteiger partial charge in [0.1, 0.15) is 0 Å². The Bertz CT molecular complexity index is 504. The average molecular weight is 284 g/mol. The van der Waals surface area contributed by atoms with Crippen molar-refractivity contribution >= 4 is 10.0 Å². The van der Waals surface area contributed by atoms with Gasteiger partial charge in [0.2, 0.25) is 10.0 Å². The van der Waals surface area contributed by atoms with E-state index >= 15 is 0 Å². The Kier molecular flexibility index (Phi) is 4.54. The Morgan fingerprint density at radius 2 is 2.26 bits per heavy atom. The molecular weight excluding hydrogens is 264 g/mol. The summed E-state index contributed by atoms with van der Waals surface area (Å²) >= 11 is 0. The third-order valence-corrected chi connectivity index (χ3v) is 5.46. The van der Waals surface area contributed by atoms with E-state index in [0.29, 0.717) is 19.4 Å². The molecule has 1 aromatic rings. The van der Waals surface area contributed by atoms with Crippen LogP contribution in [0, 0.1) is 5.92 Å². The molecule has 2 unspecified atom stereocenters. The van der Waals surface area contributed by atoms with E-state index in [2.05, 4.69) is 4.98 Å². The van der Waals surface area contributed by atoms with E-state index in [-0.39, 0.29) is 18.2 Å². The van der Waals surface area contributed by atoms with Crippen molar-refractivity contribution in [3.63, 3.8) is 0 Å². The number of nitrogens with zero attached hydrogens (tertiary/aromatic N) is 2. The molecule has 2 rings (SSSR count). The molecular formula is C13H20N2O3S. The number of piperidine rings is 1. The molecule has 1 aliphatic rings. The van der Waals surface area contributed by atoms with Gasteiger partial charge >= 0.3 is 0 Å². The lowest BCUT2D eigenvalue weighted by Crippen LogP contribution is -2.46. The maximum atomic E-state index is 12.2. The first kappa shape index (κ1) is 14.4. The van der Waals surface area contributed by atoms with Crippen LogP contribution in [0.3, 0.4) is 0 Å². The SMILES string of the molecule is CC1CCN(S(=O)(=O)CCc2ccccn2)CC1O. The first-order valence-electron chi connectivity index (χ1n) is 6.55. The number of rotatable bonds is 4. The Morgan fingerprint density at radius 1 is 1.47 bits per heavy atom. The summed E-state index contributed by atoms with van der Waals surface area (Å²) in [6.45, 7) is 2.66. The van der Waals surface area contributed by atoms with Gasteiger partial charge in [0.05, 0.1) is 11.9 Å². The van der Waals surface area contributed by atoms with E-state index in [0.717, 1.165) is 5.69 Å². The van der Waals surface area contributed by atoms with Gasteiger partial charge in [-0.2, -0.15) is 4.31 Å². The zero-order chi connectivity index (χ0) is 13.9. The van der Waals surface area contributed by atoms with E-state index in [1.807, 2.05) is 19.1 Å². The van der Waals surface area contributed by atoms with Crippen molar-refractivity contribution in [2.24, 2.45) is 5.92 Å². The highest BCUT2D eigenvalue weighted by Gasteiger charge is 2.31. The fraction of sp³-hybridized carbons (Fsp3) is 0.615. The molecule has 0 spiro atoms. The average Bonchev–Trinajstić information content (AvgIpc) is 2.41. The van der Waals surface area contributed by atoms with Crippen molar-refractivity contribution in [1.82, 2.24) is 9.29 Å². The van der Waals surface area contributed by atoms with Crippen molar-refractivity contribution in [2.75, 3.05) is 18.8 Å². The second kappa shape index (κ2) is 5.98. The maximum Gasteiger partial charge on any atom is 0.214 e. The smallest absolute Gasteiger partial charge is 0.214 e. The summed E-state index contributed by atoms with van der Waals surface area (Å²) in [5.74, 6) is 0.215. The predicted molar refractivity (Wildman–Crippen MR) is 73.1 cm³/mol. The highest BCUT2D eigenvalue weighted by molar-refractivity contribution is 7.89. The molecule has 6 heteroatoms. The van der Waals surface area contributed by atoms with E-state index in [4.69, 9.17) is 0 Å². The number of aliphatic hydroxyl groups excluding tert-OH is 1.